The molecule has 2 aliphatic heterocycles. The van der Waals surface area contributed by atoms with E-state index in [0.717, 1.165) is 22.4 Å². The molecule has 1 atom stereocenters. The fourth-order valence-electron chi connectivity index (χ4n) is 3.66. The van der Waals surface area contributed by atoms with Crippen LogP contribution in [0.15, 0.2) is 84.9 Å². The first-order valence-electron chi connectivity index (χ1n) is 8.97. The van der Waals surface area contributed by atoms with Gasteiger partial charge in [0, 0.05) is 16.8 Å². The van der Waals surface area contributed by atoms with Gasteiger partial charge in [0.05, 0.1) is 0 Å². The normalized spacial score (nSPS) is 20.4. The van der Waals surface area contributed by atoms with Crippen molar-refractivity contribution in [1.29, 1.82) is 0 Å². The summed E-state index contributed by atoms with van der Waals surface area (Å²) in [6.07, 6.45) is 1.81. The molecule has 0 saturated carbocycles. The van der Waals surface area contributed by atoms with E-state index in [4.69, 9.17) is 21.7 Å². The highest BCUT2D eigenvalue weighted by molar-refractivity contribution is 7.81. The SMILES string of the molecule is OC1(c2ccccc2)C=C(c2ccc3c(c2)OCO3)C(=S)N1c1ccccc1. The maximum atomic E-state index is 11.8. The standard InChI is InChI=1S/C23H17NO3S/c25-23(17-7-3-1-4-8-17)14-19(16-11-12-20-21(13-16)27-15-26-20)22(28)24(23)18-9-5-2-6-10-18/h1-14,25H,15H2. The van der Waals surface area contributed by atoms with E-state index in [1.54, 1.807) is 4.90 Å². The number of fused-ring (bicyclic) bond motifs is 1. The van der Waals surface area contributed by atoms with Crippen LogP contribution in [-0.4, -0.2) is 16.9 Å². The lowest BCUT2D eigenvalue weighted by Crippen LogP contribution is -2.43. The van der Waals surface area contributed by atoms with Crippen molar-refractivity contribution in [2.75, 3.05) is 11.7 Å². The Balaban J connectivity index is 1.67. The number of aliphatic hydroxyl groups is 1. The highest BCUT2D eigenvalue weighted by Crippen LogP contribution is 2.44. The maximum Gasteiger partial charge on any atom is 0.231 e. The zero-order valence-electron chi connectivity index (χ0n) is 14.9. The Hall–Kier alpha value is -3.15. The maximum absolute atomic E-state index is 11.8. The van der Waals surface area contributed by atoms with Crippen molar-refractivity contribution in [3.05, 3.63) is 96.1 Å². The summed E-state index contributed by atoms with van der Waals surface area (Å²) in [7, 11) is 0. The summed E-state index contributed by atoms with van der Waals surface area (Å²) < 4.78 is 10.9. The van der Waals surface area contributed by atoms with Gasteiger partial charge in [-0.2, -0.15) is 0 Å². The van der Waals surface area contributed by atoms with E-state index >= 15 is 0 Å². The Morgan fingerprint density at radius 3 is 2.29 bits per heavy atom. The lowest BCUT2D eigenvalue weighted by atomic mass is 10.00. The summed E-state index contributed by atoms with van der Waals surface area (Å²) in [5, 5.41) is 11.8. The summed E-state index contributed by atoms with van der Waals surface area (Å²) >= 11 is 5.83. The Bertz CT molecular complexity index is 1080. The molecule has 3 aromatic rings. The van der Waals surface area contributed by atoms with Crippen LogP contribution < -0.4 is 14.4 Å². The highest BCUT2D eigenvalue weighted by Gasteiger charge is 2.44. The quantitative estimate of drug-likeness (QED) is 0.671. The zero-order valence-corrected chi connectivity index (χ0v) is 15.7. The molecule has 5 rings (SSSR count). The van der Waals surface area contributed by atoms with E-state index in [1.807, 2.05) is 84.9 Å². The van der Waals surface area contributed by atoms with Crippen molar-refractivity contribution < 1.29 is 14.6 Å². The number of para-hydroxylation sites is 1. The molecule has 3 aromatic carbocycles. The number of nitrogens with zero attached hydrogens (tertiary/aromatic N) is 1. The van der Waals surface area contributed by atoms with Crippen molar-refractivity contribution in [2.24, 2.45) is 0 Å². The number of benzene rings is 3. The van der Waals surface area contributed by atoms with E-state index < -0.39 is 5.72 Å². The molecule has 4 nitrogen and oxygen atoms in total. The van der Waals surface area contributed by atoms with E-state index in [9.17, 15) is 5.11 Å². The van der Waals surface area contributed by atoms with Crippen LogP contribution in [0, 0.1) is 0 Å². The Labute approximate surface area is 168 Å². The van der Waals surface area contributed by atoms with Crippen molar-refractivity contribution >= 4 is 28.5 Å². The van der Waals surface area contributed by atoms with Gasteiger partial charge in [0.1, 0.15) is 4.99 Å². The van der Waals surface area contributed by atoms with E-state index in [1.165, 1.54) is 0 Å². The van der Waals surface area contributed by atoms with Crippen LogP contribution in [-0.2, 0) is 5.72 Å². The largest absolute Gasteiger partial charge is 0.454 e. The summed E-state index contributed by atoms with van der Waals surface area (Å²) in [6.45, 7) is 0.215. The van der Waals surface area contributed by atoms with Gasteiger partial charge in [-0.3, -0.25) is 4.90 Å². The van der Waals surface area contributed by atoms with Crippen molar-refractivity contribution in [1.82, 2.24) is 0 Å². The monoisotopic (exact) mass is 387 g/mol. The molecule has 1 unspecified atom stereocenters. The van der Waals surface area contributed by atoms with Crippen molar-refractivity contribution in [2.45, 2.75) is 5.72 Å². The molecule has 0 bridgehead atoms. The average Bonchev–Trinajstić information content (AvgIpc) is 3.31. The molecule has 0 amide bonds. The van der Waals surface area contributed by atoms with Crippen LogP contribution in [0.5, 0.6) is 11.5 Å². The molecule has 2 heterocycles. The fraction of sp³-hybridized carbons (Fsp3) is 0.0870. The van der Waals surface area contributed by atoms with E-state index in [0.29, 0.717) is 16.5 Å². The summed E-state index contributed by atoms with van der Waals surface area (Å²) in [5.41, 5.74) is 1.85. The summed E-state index contributed by atoms with van der Waals surface area (Å²) in [5.74, 6) is 1.40. The second kappa shape index (κ2) is 6.48. The first-order chi connectivity index (χ1) is 13.7. The molecule has 0 fully saturated rings. The van der Waals surface area contributed by atoms with Crippen LogP contribution in [0.25, 0.3) is 5.57 Å². The first kappa shape index (κ1) is 17.0. The second-order valence-corrected chi connectivity index (χ2v) is 7.08. The molecule has 1 N–H and O–H groups in total. The predicted molar refractivity (Wildman–Crippen MR) is 112 cm³/mol. The molecule has 28 heavy (non-hydrogen) atoms. The first-order valence-corrected chi connectivity index (χ1v) is 9.38. The zero-order chi connectivity index (χ0) is 19.1. The fourth-order valence-corrected chi connectivity index (χ4v) is 4.08. The second-order valence-electron chi connectivity index (χ2n) is 6.69. The minimum Gasteiger partial charge on any atom is -0.454 e. The van der Waals surface area contributed by atoms with Crippen LogP contribution >= 0.6 is 12.2 Å². The number of anilines is 1. The van der Waals surface area contributed by atoms with Crippen molar-refractivity contribution in [3.63, 3.8) is 0 Å². The van der Waals surface area contributed by atoms with Gasteiger partial charge in [-0.1, -0.05) is 66.8 Å². The smallest absolute Gasteiger partial charge is 0.231 e. The van der Waals surface area contributed by atoms with Gasteiger partial charge >= 0.3 is 0 Å². The number of hydrogen-bond donors (Lipinski definition) is 1. The molecule has 0 aromatic heterocycles. The van der Waals surface area contributed by atoms with Gasteiger partial charge in [0.15, 0.2) is 17.2 Å². The third-order valence-electron chi connectivity index (χ3n) is 5.02. The average molecular weight is 387 g/mol. The minimum absolute atomic E-state index is 0.215. The molecule has 0 radical (unpaired) electrons. The van der Waals surface area contributed by atoms with Crippen LogP contribution in [0.4, 0.5) is 5.69 Å². The number of hydrogen-bond acceptors (Lipinski definition) is 4. The third-order valence-corrected chi connectivity index (χ3v) is 5.42. The number of ether oxygens (including phenoxy) is 2. The molecule has 138 valence electrons. The third kappa shape index (κ3) is 2.59. The van der Waals surface area contributed by atoms with Crippen LogP contribution in [0.2, 0.25) is 0 Å². The molecule has 0 saturated heterocycles. The number of rotatable bonds is 3. The van der Waals surface area contributed by atoms with Crippen molar-refractivity contribution in [3.8, 4) is 11.5 Å². The molecule has 0 aliphatic carbocycles. The Kier molecular flexibility index (Phi) is 3.93. The van der Waals surface area contributed by atoms with Gasteiger partial charge in [-0.15, -0.1) is 0 Å². The van der Waals surface area contributed by atoms with Gasteiger partial charge in [-0.05, 0) is 35.9 Å². The van der Waals surface area contributed by atoms with Crippen LogP contribution in [0.3, 0.4) is 0 Å². The van der Waals surface area contributed by atoms with Gasteiger partial charge in [0.2, 0.25) is 6.79 Å². The molecule has 5 heteroatoms. The molecular weight excluding hydrogens is 370 g/mol. The Morgan fingerprint density at radius 1 is 0.857 bits per heavy atom. The number of thiocarbonyl (C=S) groups is 1. The lowest BCUT2D eigenvalue weighted by molar-refractivity contribution is 0.104. The molecular formula is C23H17NO3S. The predicted octanol–water partition coefficient (Wildman–Crippen LogP) is 4.49. The van der Waals surface area contributed by atoms with Gasteiger partial charge in [0.25, 0.3) is 0 Å². The lowest BCUT2D eigenvalue weighted by Gasteiger charge is -2.35. The highest BCUT2D eigenvalue weighted by atomic mass is 32.1. The Morgan fingerprint density at radius 2 is 1.54 bits per heavy atom. The minimum atomic E-state index is -1.38. The van der Waals surface area contributed by atoms with Gasteiger partial charge in [-0.25, -0.2) is 0 Å². The van der Waals surface area contributed by atoms with E-state index in [-0.39, 0.29) is 6.79 Å². The van der Waals surface area contributed by atoms with E-state index in [2.05, 4.69) is 0 Å². The van der Waals surface area contributed by atoms with Gasteiger partial charge < -0.3 is 14.6 Å². The summed E-state index contributed by atoms with van der Waals surface area (Å²) in [4.78, 5) is 2.34. The summed E-state index contributed by atoms with van der Waals surface area (Å²) in [6, 6.07) is 24.9. The molecule has 2 aliphatic rings. The van der Waals surface area contributed by atoms with Crippen LogP contribution in [0.1, 0.15) is 11.1 Å². The molecule has 0 spiro atoms. The topological polar surface area (TPSA) is 41.9 Å².